The van der Waals surface area contributed by atoms with E-state index < -0.39 is 17.3 Å². The van der Waals surface area contributed by atoms with Gasteiger partial charge < -0.3 is 16.2 Å². The summed E-state index contributed by atoms with van der Waals surface area (Å²) in [5, 5.41) is 11.6. The molecular weight excluding hydrogens is 255 g/mol. The molecule has 96 valence electrons. The van der Waals surface area contributed by atoms with Crippen molar-refractivity contribution in [2.24, 2.45) is 0 Å². The first-order valence-electron chi connectivity index (χ1n) is 5.13. The highest BCUT2D eigenvalue weighted by Crippen LogP contribution is 2.23. The van der Waals surface area contributed by atoms with Gasteiger partial charge in [0, 0.05) is 12.3 Å². The quantitative estimate of drug-likeness (QED) is 0.417. The van der Waals surface area contributed by atoms with Gasteiger partial charge in [-0.05, 0) is 12.1 Å². The van der Waals surface area contributed by atoms with Crippen molar-refractivity contribution in [3.63, 3.8) is 0 Å². The third-order valence-corrected chi connectivity index (χ3v) is 2.98. The zero-order valence-corrected chi connectivity index (χ0v) is 10.4. The van der Waals surface area contributed by atoms with Gasteiger partial charge in [0.15, 0.2) is 0 Å². The lowest BCUT2D eigenvalue weighted by Crippen LogP contribution is -2.09. The topological polar surface area (TPSA) is 75.3 Å². The Morgan fingerprint density at radius 2 is 2.33 bits per heavy atom. The third-order valence-electron chi connectivity index (χ3n) is 2.12. The van der Waals surface area contributed by atoms with Gasteiger partial charge in [-0.3, -0.25) is 0 Å². The van der Waals surface area contributed by atoms with Crippen LogP contribution in [-0.2, 0) is 0 Å². The Bertz CT molecular complexity index is 486. The number of nitrogen functional groups attached to an aromatic ring is 1. The first kappa shape index (κ1) is 14.2. The molecule has 1 aromatic rings. The second-order valence-electron chi connectivity index (χ2n) is 3.41. The van der Waals surface area contributed by atoms with Crippen LogP contribution in [0.5, 0.6) is 0 Å². The molecule has 4 nitrogen and oxygen atoms in total. The number of aromatic carboxylic acids is 1. The van der Waals surface area contributed by atoms with Crippen LogP contribution in [0.15, 0.2) is 12.1 Å². The summed E-state index contributed by atoms with van der Waals surface area (Å²) in [7, 11) is 0. The van der Waals surface area contributed by atoms with Crippen LogP contribution in [0.1, 0.15) is 10.4 Å². The standard InChI is InChI=1S/C12H13FN2O2S/c1-2-4-18-5-3-15-11-7-9(13)8(12(16)17)6-10(11)14/h1,6-7,15H,3-5,14H2,(H,16,17). The molecule has 1 aromatic carbocycles. The predicted octanol–water partition coefficient (Wildman–Crippen LogP) is 1.88. The minimum atomic E-state index is -1.34. The van der Waals surface area contributed by atoms with E-state index in [0.717, 1.165) is 17.9 Å². The molecule has 0 amide bonds. The number of thioether (sulfide) groups is 1. The van der Waals surface area contributed by atoms with Crippen molar-refractivity contribution >= 4 is 29.1 Å². The second-order valence-corrected chi connectivity index (χ2v) is 4.51. The summed E-state index contributed by atoms with van der Waals surface area (Å²) in [5.41, 5.74) is 5.80. The van der Waals surface area contributed by atoms with Gasteiger partial charge in [-0.1, -0.05) is 5.92 Å². The monoisotopic (exact) mass is 268 g/mol. The molecule has 0 aromatic heterocycles. The summed E-state index contributed by atoms with van der Waals surface area (Å²) < 4.78 is 13.4. The fraction of sp³-hybridized carbons (Fsp3) is 0.250. The number of nitrogens with one attached hydrogen (secondary N) is 1. The molecule has 0 fully saturated rings. The van der Waals surface area contributed by atoms with Gasteiger partial charge in [0.25, 0.3) is 0 Å². The van der Waals surface area contributed by atoms with E-state index in [-0.39, 0.29) is 5.69 Å². The van der Waals surface area contributed by atoms with E-state index in [4.69, 9.17) is 17.3 Å². The number of hydrogen-bond acceptors (Lipinski definition) is 4. The number of carboxylic acid groups (broad SMARTS) is 1. The normalized spacial score (nSPS) is 9.78. The van der Waals surface area contributed by atoms with E-state index in [9.17, 15) is 9.18 Å². The molecule has 0 aliphatic heterocycles. The van der Waals surface area contributed by atoms with Gasteiger partial charge in [-0.15, -0.1) is 18.2 Å². The Hall–Kier alpha value is -1.87. The maximum absolute atomic E-state index is 13.4. The van der Waals surface area contributed by atoms with Crippen molar-refractivity contribution in [3.8, 4) is 12.3 Å². The largest absolute Gasteiger partial charge is 0.478 e. The SMILES string of the molecule is C#CCSCCNc1cc(F)c(C(=O)O)cc1N. The number of hydrogen-bond donors (Lipinski definition) is 3. The van der Waals surface area contributed by atoms with Crippen molar-refractivity contribution in [3.05, 3.63) is 23.5 Å². The van der Waals surface area contributed by atoms with Gasteiger partial charge in [0.05, 0.1) is 22.7 Å². The highest BCUT2D eigenvalue weighted by molar-refractivity contribution is 7.99. The summed E-state index contributed by atoms with van der Waals surface area (Å²) >= 11 is 1.56. The van der Waals surface area contributed by atoms with E-state index in [1.807, 2.05) is 0 Å². The van der Waals surface area contributed by atoms with Gasteiger partial charge in [0.1, 0.15) is 5.82 Å². The van der Waals surface area contributed by atoms with Crippen molar-refractivity contribution in [1.29, 1.82) is 0 Å². The smallest absolute Gasteiger partial charge is 0.338 e. The Morgan fingerprint density at radius 3 is 2.94 bits per heavy atom. The fourth-order valence-corrected chi connectivity index (χ4v) is 1.80. The van der Waals surface area contributed by atoms with E-state index in [0.29, 0.717) is 18.0 Å². The maximum atomic E-state index is 13.4. The van der Waals surface area contributed by atoms with Gasteiger partial charge >= 0.3 is 5.97 Å². The van der Waals surface area contributed by atoms with Crippen LogP contribution in [0.2, 0.25) is 0 Å². The van der Waals surface area contributed by atoms with Crippen LogP contribution in [0.4, 0.5) is 15.8 Å². The number of halogens is 1. The molecule has 0 radical (unpaired) electrons. The number of nitrogens with two attached hydrogens (primary N) is 1. The molecule has 6 heteroatoms. The lowest BCUT2D eigenvalue weighted by molar-refractivity contribution is 0.0692. The van der Waals surface area contributed by atoms with Crippen LogP contribution in [0.25, 0.3) is 0 Å². The van der Waals surface area contributed by atoms with Crippen molar-refractivity contribution < 1.29 is 14.3 Å². The summed E-state index contributed by atoms with van der Waals surface area (Å²) in [6.07, 6.45) is 5.09. The van der Waals surface area contributed by atoms with Crippen LogP contribution >= 0.6 is 11.8 Å². The molecule has 0 aliphatic rings. The number of terminal acetylenes is 1. The zero-order valence-electron chi connectivity index (χ0n) is 9.57. The maximum Gasteiger partial charge on any atom is 0.338 e. The minimum Gasteiger partial charge on any atom is -0.478 e. The molecule has 0 bridgehead atoms. The van der Waals surface area contributed by atoms with Crippen LogP contribution in [0, 0.1) is 18.2 Å². The van der Waals surface area contributed by atoms with Gasteiger partial charge in [-0.25, -0.2) is 9.18 Å². The Labute approximate surface area is 109 Å². The zero-order chi connectivity index (χ0) is 13.5. The first-order chi connectivity index (χ1) is 8.56. The van der Waals surface area contributed by atoms with Crippen LogP contribution in [0.3, 0.4) is 0 Å². The van der Waals surface area contributed by atoms with Gasteiger partial charge in [0.2, 0.25) is 0 Å². The third kappa shape index (κ3) is 3.86. The average molecular weight is 268 g/mol. The second kappa shape index (κ2) is 6.77. The lowest BCUT2D eigenvalue weighted by atomic mass is 10.1. The van der Waals surface area contributed by atoms with Crippen LogP contribution in [-0.4, -0.2) is 29.1 Å². The molecule has 0 atom stereocenters. The molecule has 1 rings (SSSR count). The molecule has 0 saturated carbocycles. The molecule has 0 aliphatic carbocycles. The Balaban J connectivity index is 2.65. The minimum absolute atomic E-state index is 0.204. The van der Waals surface area contributed by atoms with Gasteiger partial charge in [-0.2, -0.15) is 0 Å². The van der Waals surface area contributed by atoms with Crippen molar-refractivity contribution in [1.82, 2.24) is 0 Å². The van der Waals surface area contributed by atoms with Crippen molar-refractivity contribution in [2.45, 2.75) is 0 Å². The first-order valence-corrected chi connectivity index (χ1v) is 6.29. The summed E-state index contributed by atoms with van der Waals surface area (Å²) in [4.78, 5) is 10.7. The van der Waals surface area contributed by atoms with Crippen LogP contribution < -0.4 is 11.1 Å². The lowest BCUT2D eigenvalue weighted by Gasteiger charge is -2.10. The van der Waals surface area contributed by atoms with E-state index in [2.05, 4.69) is 11.2 Å². The highest BCUT2D eigenvalue weighted by atomic mass is 32.2. The molecule has 0 heterocycles. The highest BCUT2D eigenvalue weighted by Gasteiger charge is 2.13. The number of rotatable bonds is 6. The average Bonchev–Trinajstić information content (AvgIpc) is 2.32. The molecular formula is C12H13FN2O2S. The van der Waals surface area contributed by atoms with Crippen molar-refractivity contribution in [2.75, 3.05) is 29.1 Å². The summed E-state index contributed by atoms with van der Waals surface area (Å²) in [5.74, 6) is 1.72. The Morgan fingerprint density at radius 1 is 1.61 bits per heavy atom. The van der Waals surface area contributed by atoms with E-state index in [1.165, 1.54) is 0 Å². The predicted molar refractivity (Wildman–Crippen MR) is 72.4 cm³/mol. The molecule has 0 saturated heterocycles. The number of carbonyl (C=O) groups is 1. The van der Waals surface area contributed by atoms with E-state index in [1.54, 1.807) is 11.8 Å². The molecule has 0 unspecified atom stereocenters. The summed E-state index contributed by atoms with van der Waals surface area (Å²) in [6, 6.07) is 2.19. The molecule has 18 heavy (non-hydrogen) atoms. The molecule has 0 spiro atoms. The number of benzene rings is 1. The number of carboxylic acids is 1. The molecule has 4 N–H and O–H groups in total. The fourth-order valence-electron chi connectivity index (χ4n) is 1.30. The number of anilines is 2. The summed E-state index contributed by atoms with van der Waals surface area (Å²) in [6.45, 7) is 0.572. The van der Waals surface area contributed by atoms with E-state index >= 15 is 0 Å². The Kier molecular flexibility index (Phi) is 5.33.